The monoisotopic (exact) mass is 376 g/mol. The first kappa shape index (κ1) is 16.7. The van der Waals surface area contributed by atoms with Gasteiger partial charge in [-0.05, 0) is 25.5 Å². The van der Waals surface area contributed by atoms with Crippen molar-refractivity contribution in [3.8, 4) is 28.4 Å². The molecule has 142 valence electrons. The van der Waals surface area contributed by atoms with Crippen molar-refractivity contribution in [3.05, 3.63) is 36.7 Å². The molecule has 0 unspecified atom stereocenters. The van der Waals surface area contributed by atoms with E-state index in [1.54, 1.807) is 19.6 Å². The Kier molecular flexibility index (Phi) is 3.75. The molecule has 0 amide bonds. The van der Waals surface area contributed by atoms with Gasteiger partial charge in [-0.3, -0.25) is 9.67 Å². The fourth-order valence-electron chi connectivity index (χ4n) is 3.56. The Bertz CT molecular complexity index is 1160. The van der Waals surface area contributed by atoms with Crippen LogP contribution in [0.25, 0.3) is 28.2 Å². The lowest BCUT2D eigenvalue weighted by Gasteiger charge is -2.32. The van der Waals surface area contributed by atoms with Gasteiger partial charge in [0.2, 0.25) is 0 Å². The van der Waals surface area contributed by atoms with Gasteiger partial charge in [-0.25, -0.2) is 14.5 Å². The molecule has 0 N–H and O–H groups in total. The first-order chi connectivity index (χ1) is 13.7. The maximum absolute atomic E-state index is 5.23. The number of imidazole rings is 1. The van der Waals surface area contributed by atoms with Crippen LogP contribution in [0.1, 0.15) is 12.2 Å². The zero-order valence-electron chi connectivity index (χ0n) is 16.0. The van der Waals surface area contributed by atoms with E-state index in [4.69, 9.17) is 9.72 Å². The maximum Gasteiger partial charge on any atom is 0.158 e. The Morgan fingerprint density at radius 1 is 1.07 bits per heavy atom. The van der Waals surface area contributed by atoms with Crippen molar-refractivity contribution < 1.29 is 4.74 Å². The van der Waals surface area contributed by atoms with Crippen molar-refractivity contribution >= 4 is 11.3 Å². The highest BCUT2D eigenvalue weighted by atomic mass is 16.5. The molecule has 0 aromatic carbocycles. The average Bonchev–Trinajstić information content (AvgIpc) is 3.21. The summed E-state index contributed by atoms with van der Waals surface area (Å²) in [6.07, 6.45) is 6.30. The third-order valence-electron chi connectivity index (χ3n) is 5.14. The molecule has 1 saturated heterocycles. The second kappa shape index (κ2) is 6.29. The normalized spacial score (nSPS) is 13.8. The minimum Gasteiger partial charge on any atom is -0.495 e. The number of anilines is 1. The van der Waals surface area contributed by atoms with E-state index in [1.165, 1.54) is 6.42 Å². The standard InChI is InChI=1S/C19H20N8O/c1-12-24-16(18-19(26-7-4-8-26)21-11-23-27(12)18)14-10-22-25(2)17(14)15-6-5-13(28-3)9-20-15/h5-6,9-11H,4,7-8H2,1-3H3. The van der Waals surface area contributed by atoms with Gasteiger partial charge in [0.15, 0.2) is 5.82 Å². The van der Waals surface area contributed by atoms with Crippen molar-refractivity contribution in [1.82, 2.24) is 34.3 Å². The van der Waals surface area contributed by atoms with Crippen LogP contribution in [-0.4, -0.2) is 54.5 Å². The second-order valence-electron chi connectivity index (χ2n) is 6.81. The van der Waals surface area contributed by atoms with Crippen molar-refractivity contribution in [3.63, 3.8) is 0 Å². The Morgan fingerprint density at radius 3 is 2.61 bits per heavy atom. The molecule has 0 aliphatic carbocycles. The molecule has 28 heavy (non-hydrogen) atoms. The number of nitrogens with zero attached hydrogens (tertiary/aromatic N) is 8. The maximum atomic E-state index is 5.23. The lowest BCUT2D eigenvalue weighted by molar-refractivity contribution is 0.413. The summed E-state index contributed by atoms with van der Waals surface area (Å²) >= 11 is 0. The topological polar surface area (TPSA) is 86.3 Å². The van der Waals surface area contributed by atoms with E-state index in [0.717, 1.165) is 52.9 Å². The number of hydrogen-bond donors (Lipinski definition) is 0. The van der Waals surface area contributed by atoms with Gasteiger partial charge in [-0.2, -0.15) is 10.2 Å². The number of hydrogen-bond acceptors (Lipinski definition) is 7. The number of ether oxygens (including phenoxy) is 1. The molecule has 1 fully saturated rings. The highest BCUT2D eigenvalue weighted by Gasteiger charge is 2.26. The van der Waals surface area contributed by atoms with Gasteiger partial charge in [0.25, 0.3) is 0 Å². The third kappa shape index (κ3) is 2.43. The van der Waals surface area contributed by atoms with E-state index in [9.17, 15) is 0 Å². The number of aromatic nitrogens is 7. The predicted molar refractivity (Wildman–Crippen MR) is 104 cm³/mol. The van der Waals surface area contributed by atoms with Gasteiger partial charge in [-0.1, -0.05) is 0 Å². The van der Waals surface area contributed by atoms with Gasteiger partial charge in [0, 0.05) is 20.1 Å². The van der Waals surface area contributed by atoms with Crippen LogP contribution in [0.2, 0.25) is 0 Å². The lowest BCUT2D eigenvalue weighted by Crippen LogP contribution is -2.38. The average molecular weight is 376 g/mol. The van der Waals surface area contributed by atoms with E-state index in [1.807, 2.05) is 41.5 Å². The number of aryl methyl sites for hydroxylation is 2. The smallest absolute Gasteiger partial charge is 0.158 e. The molecule has 9 nitrogen and oxygen atoms in total. The Hall–Kier alpha value is -3.49. The largest absolute Gasteiger partial charge is 0.495 e. The van der Waals surface area contributed by atoms with Gasteiger partial charge in [0.1, 0.15) is 29.1 Å². The summed E-state index contributed by atoms with van der Waals surface area (Å²) in [6, 6.07) is 3.82. The molecule has 1 aliphatic heterocycles. The van der Waals surface area contributed by atoms with Crippen molar-refractivity contribution in [2.45, 2.75) is 13.3 Å². The molecule has 0 spiro atoms. The molecule has 4 aromatic heterocycles. The zero-order valence-corrected chi connectivity index (χ0v) is 16.0. The number of rotatable bonds is 4. The summed E-state index contributed by atoms with van der Waals surface area (Å²) in [7, 11) is 3.53. The Labute approximate surface area is 161 Å². The molecule has 5 rings (SSSR count). The fraction of sp³-hybridized carbons (Fsp3) is 0.316. The van der Waals surface area contributed by atoms with E-state index < -0.39 is 0 Å². The minimum absolute atomic E-state index is 0.712. The van der Waals surface area contributed by atoms with Gasteiger partial charge in [-0.15, -0.1) is 0 Å². The Balaban J connectivity index is 1.73. The quantitative estimate of drug-likeness (QED) is 0.539. The summed E-state index contributed by atoms with van der Waals surface area (Å²) in [5.74, 6) is 2.44. The SMILES string of the molecule is COc1ccc(-c2c(-c3nc(C)n4ncnc(N5CCC5)c34)cnn2C)nc1. The first-order valence-electron chi connectivity index (χ1n) is 9.15. The first-order valence-corrected chi connectivity index (χ1v) is 9.15. The van der Waals surface area contributed by atoms with E-state index >= 15 is 0 Å². The van der Waals surface area contributed by atoms with E-state index in [0.29, 0.717) is 5.75 Å². The van der Waals surface area contributed by atoms with Gasteiger partial charge in [0.05, 0.1) is 36.5 Å². The third-order valence-corrected chi connectivity index (χ3v) is 5.14. The van der Waals surface area contributed by atoms with Crippen LogP contribution in [0, 0.1) is 6.92 Å². The zero-order chi connectivity index (χ0) is 19.3. The molecule has 0 bridgehead atoms. The Morgan fingerprint density at radius 2 is 1.93 bits per heavy atom. The summed E-state index contributed by atoms with van der Waals surface area (Å²) in [5.41, 5.74) is 4.32. The minimum atomic E-state index is 0.712. The summed E-state index contributed by atoms with van der Waals surface area (Å²) in [5, 5.41) is 8.90. The summed E-state index contributed by atoms with van der Waals surface area (Å²) < 4.78 is 8.90. The molecule has 0 atom stereocenters. The lowest BCUT2D eigenvalue weighted by atomic mass is 10.1. The van der Waals surface area contributed by atoms with Crippen LogP contribution < -0.4 is 9.64 Å². The van der Waals surface area contributed by atoms with Crippen LogP contribution in [0.4, 0.5) is 5.82 Å². The van der Waals surface area contributed by atoms with Crippen LogP contribution in [0.15, 0.2) is 30.9 Å². The molecular formula is C19H20N8O. The molecule has 0 radical (unpaired) electrons. The van der Waals surface area contributed by atoms with Gasteiger partial charge < -0.3 is 9.64 Å². The van der Waals surface area contributed by atoms with Crippen LogP contribution in [0.5, 0.6) is 5.75 Å². The summed E-state index contributed by atoms with van der Waals surface area (Å²) in [4.78, 5) is 16.2. The van der Waals surface area contributed by atoms with E-state index in [-0.39, 0.29) is 0 Å². The molecule has 9 heteroatoms. The highest BCUT2D eigenvalue weighted by molar-refractivity contribution is 5.91. The summed E-state index contributed by atoms with van der Waals surface area (Å²) in [6.45, 7) is 3.94. The van der Waals surface area contributed by atoms with Gasteiger partial charge >= 0.3 is 0 Å². The molecule has 4 aromatic rings. The molecular weight excluding hydrogens is 356 g/mol. The number of pyridine rings is 1. The fourth-order valence-corrected chi connectivity index (χ4v) is 3.56. The molecule has 0 saturated carbocycles. The predicted octanol–water partition coefficient (Wildman–Crippen LogP) is 2.11. The highest BCUT2D eigenvalue weighted by Crippen LogP contribution is 2.36. The van der Waals surface area contributed by atoms with Crippen molar-refractivity contribution in [2.24, 2.45) is 7.05 Å². The van der Waals surface area contributed by atoms with E-state index in [2.05, 4.69) is 25.1 Å². The van der Waals surface area contributed by atoms with Crippen LogP contribution >= 0.6 is 0 Å². The van der Waals surface area contributed by atoms with Crippen molar-refractivity contribution in [1.29, 1.82) is 0 Å². The van der Waals surface area contributed by atoms with Crippen LogP contribution in [0.3, 0.4) is 0 Å². The molecule has 5 heterocycles. The van der Waals surface area contributed by atoms with Crippen molar-refractivity contribution in [2.75, 3.05) is 25.1 Å². The molecule has 1 aliphatic rings. The second-order valence-corrected chi connectivity index (χ2v) is 6.81. The number of methoxy groups -OCH3 is 1. The van der Waals surface area contributed by atoms with Crippen LogP contribution in [-0.2, 0) is 7.05 Å². The number of fused-ring (bicyclic) bond motifs is 1.